The van der Waals surface area contributed by atoms with Gasteiger partial charge in [0.15, 0.2) is 5.96 Å². The van der Waals surface area contributed by atoms with Crippen LogP contribution in [0.25, 0.3) is 11.4 Å². The van der Waals surface area contributed by atoms with Crippen molar-refractivity contribution in [3.8, 4) is 11.4 Å². The van der Waals surface area contributed by atoms with Gasteiger partial charge in [0.1, 0.15) is 5.01 Å². The van der Waals surface area contributed by atoms with Gasteiger partial charge in [-0.2, -0.15) is 4.98 Å². The SMILES string of the molecule is CCNC(=NCc1nc(C(C)C)cs1)NCCc1nc(-c2ccc(Cl)cc2)no1.I. The highest BCUT2D eigenvalue weighted by molar-refractivity contribution is 14.0. The molecule has 2 heterocycles. The molecule has 0 aliphatic carbocycles. The van der Waals surface area contributed by atoms with E-state index in [1.807, 2.05) is 19.1 Å². The van der Waals surface area contributed by atoms with E-state index in [-0.39, 0.29) is 24.0 Å². The minimum atomic E-state index is 0. The third kappa shape index (κ3) is 7.21. The molecule has 0 fully saturated rings. The van der Waals surface area contributed by atoms with Crippen LogP contribution in [0.15, 0.2) is 39.2 Å². The average molecular weight is 561 g/mol. The highest BCUT2D eigenvalue weighted by atomic mass is 127. The smallest absolute Gasteiger partial charge is 0.228 e. The van der Waals surface area contributed by atoms with E-state index in [0.717, 1.165) is 28.8 Å². The zero-order valence-corrected chi connectivity index (χ0v) is 21.1. The Morgan fingerprint density at radius 1 is 1.20 bits per heavy atom. The Hall–Kier alpha value is -1.72. The summed E-state index contributed by atoms with van der Waals surface area (Å²) in [6, 6.07) is 7.35. The van der Waals surface area contributed by atoms with Crippen molar-refractivity contribution in [1.82, 2.24) is 25.8 Å². The Labute approximate surface area is 202 Å². The molecule has 2 aromatic heterocycles. The molecule has 0 amide bonds. The second-order valence-corrected chi connectivity index (χ2v) is 8.09. The van der Waals surface area contributed by atoms with Crippen LogP contribution in [0.3, 0.4) is 0 Å². The van der Waals surface area contributed by atoms with Gasteiger partial charge in [-0.3, -0.25) is 0 Å². The van der Waals surface area contributed by atoms with Gasteiger partial charge in [-0.1, -0.05) is 30.6 Å². The Balaban J connectivity index is 0.00000320. The van der Waals surface area contributed by atoms with E-state index < -0.39 is 0 Å². The van der Waals surface area contributed by atoms with Gasteiger partial charge in [0.25, 0.3) is 0 Å². The van der Waals surface area contributed by atoms with Crippen molar-refractivity contribution in [2.45, 2.75) is 39.7 Å². The Bertz CT molecular complexity index is 941. The summed E-state index contributed by atoms with van der Waals surface area (Å²) < 4.78 is 5.34. The van der Waals surface area contributed by atoms with Crippen LogP contribution < -0.4 is 10.6 Å². The Morgan fingerprint density at radius 2 is 1.97 bits per heavy atom. The van der Waals surface area contributed by atoms with Gasteiger partial charge in [0.05, 0.1) is 12.2 Å². The van der Waals surface area contributed by atoms with E-state index in [4.69, 9.17) is 16.1 Å². The molecular weight excluding hydrogens is 535 g/mol. The van der Waals surface area contributed by atoms with Crippen molar-refractivity contribution < 1.29 is 4.52 Å². The summed E-state index contributed by atoms with van der Waals surface area (Å²) in [5.74, 6) is 2.30. The second kappa shape index (κ2) is 12.2. The lowest BCUT2D eigenvalue weighted by atomic mass is 10.2. The predicted molar refractivity (Wildman–Crippen MR) is 133 cm³/mol. The maximum atomic E-state index is 5.91. The minimum Gasteiger partial charge on any atom is -0.357 e. The quantitative estimate of drug-likeness (QED) is 0.232. The first-order valence-corrected chi connectivity index (χ1v) is 10.9. The van der Waals surface area contributed by atoms with Crippen LogP contribution in [0, 0.1) is 0 Å². The van der Waals surface area contributed by atoms with Crippen molar-refractivity contribution in [2.24, 2.45) is 4.99 Å². The molecule has 0 aliphatic rings. The Kier molecular flexibility index (Phi) is 9.99. The third-order valence-electron chi connectivity index (χ3n) is 4.08. The summed E-state index contributed by atoms with van der Waals surface area (Å²) in [7, 11) is 0. The lowest BCUT2D eigenvalue weighted by Gasteiger charge is -2.09. The number of aromatic nitrogens is 3. The van der Waals surface area contributed by atoms with Crippen molar-refractivity contribution in [1.29, 1.82) is 0 Å². The molecule has 162 valence electrons. The molecule has 30 heavy (non-hydrogen) atoms. The molecule has 0 aliphatic heterocycles. The monoisotopic (exact) mass is 560 g/mol. The fraction of sp³-hybridized carbons (Fsp3) is 0.400. The topological polar surface area (TPSA) is 88.2 Å². The lowest BCUT2D eigenvalue weighted by Crippen LogP contribution is -2.38. The molecule has 0 atom stereocenters. The number of nitrogens with one attached hydrogen (secondary N) is 2. The maximum absolute atomic E-state index is 5.91. The molecule has 1 aromatic carbocycles. The van der Waals surface area contributed by atoms with Gasteiger partial charge in [-0.15, -0.1) is 35.3 Å². The standard InChI is InChI=1S/C20H25ClN6OS.HI/c1-4-22-20(24-11-18-25-16(12-29-18)13(2)3)23-10-9-17-26-19(27-28-17)14-5-7-15(21)8-6-14;/h5-8,12-13H,4,9-11H2,1-3H3,(H2,22,23,24);1H. The molecule has 7 nitrogen and oxygen atoms in total. The largest absolute Gasteiger partial charge is 0.357 e. The van der Waals surface area contributed by atoms with Crippen LogP contribution in [-0.4, -0.2) is 34.2 Å². The first-order chi connectivity index (χ1) is 14.0. The number of thiazole rings is 1. The van der Waals surface area contributed by atoms with Crippen molar-refractivity contribution in [3.63, 3.8) is 0 Å². The molecule has 3 aromatic rings. The van der Waals surface area contributed by atoms with Crippen LogP contribution in [0.1, 0.15) is 43.3 Å². The molecule has 0 spiro atoms. The van der Waals surface area contributed by atoms with Crippen LogP contribution in [0.4, 0.5) is 0 Å². The summed E-state index contributed by atoms with van der Waals surface area (Å²) in [6.45, 7) is 8.28. The van der Waals surface area contributed by atoms with Crippen molar-refractivity contribution in [2.75, 3.05) is 13.1 Å². The van der Waals surface area contributed by atoms with E-state index in [0.29, 0.717) is 42.2 Å². The van der Waals surface area contributed by atoms with E-state index in [2.05, 4.69) is 50.0 Å². The third-order valence-corrected chi connectivity index (χ3v) is 5.18. The van der Waals surface area contributed by atoms with E-state index in [1.54, 1.807) is 23.5 Å². The molecule has 0 bridgehead atoms. The first-order valence-electron chi connectivity index (χ1n) is 9.60. The average Bonchev–Trinajstić information content (AvgIpc) is 3.36. The van der Waals surface area contributed by atoms with Gasteiger partial charge in [0.2, 0.25) is 11.7 Å². The lowest BCUT2D eigenvalue weighted by molar-refractivity contribution is 0.378. The fourth-order valence-corrected chi connectivity index (χ4v) is 3.52. The molecular formula is C20H26ClIN6OS. The van der Waals surface area contributed by atoms with Gasteiger partial charge >= 0.3 is 0 Å². The second-order valence-electron chi connectivity index (χ2n) is 6.71. The van der Waals surface area contributed by atoms with Gasteiger partial charge in [-0.25, -0.2) is 9.98 Å². The number of hydrogen-bond acceptors (Lipinski definition) is 6. The minimum absolute atomic E-state index is 0. The first kappa shape index (κ1) is 24.5. The molecule has 0 saturated carbocycles. The molecule has 2 N–H and O–H groups in total. The highest BCUT2D eigenvalue weighted by Gasteiger charge is 2.09. The summed E-state index contributed by atoms with van der Waals surface area (Å²) in [5, 5.41) is 14.4. The fourth-order valence-electron chi connectivity index (χ4n) is 2.51. The summed E-state index contributed by atoms with van der Waals surface area (Å²) in [5.41, 5.74) is 1.99. The molecule has 0 radical (unpaired) electrons. The molecule has 10 heteroatoms. The van der Waals surface area contributed by atoms with Gasteiger partial charge in [0, 0.05) is 35.5 Å². The Morgan fingerprint density at radius 3 is 2.63 bits per heavy atom. The van der Waals surface area contributed by atoms with Gasteiger partial charge in [-0.05, 0) is 37.1 Å². The number of halogens is 2. The zero-order chi connectivity index (χ0) is 20.6. The van der Waals surface area contributed by atoms with E-state index >= 15 is 0 Å². The highest BCUT2D eigenvalue weighted by Crippen LogP contribution is 2.19. The van der Waals surface area contributed by atoms with Crippen molar-refractivity contribution in [3.05, 3.63) is 51.3 Å². The predicted octanol–water partition coefficient (Wildman–Crippen LogP) is 4.89. The molecule has 0 saturated heterocycles. The van der Waals surface area contributed by atoms with Crippen LogP contribution in [-0.2, 0) is 13.0 Å². The summed E-state index contributed by atoms with van der Waals surface area (Å²) >= 11 is 7.56. The molecule has 3 rings (SSSR count). The van der Waals surface area contributed by atoms with Crippen molar-refractivity contribution >= 4 is 52.9 Å². The van der Waals surface area contributed by atoms with E-state index in [1.165, 1.54) is 0 Å². The number of benzene rings is 1. The van der Waals surface area contributed by atoms with E-state index in [9.17, 15) is 0 Å². The van der Waals surface area contributed by atoms with Crippen LogP contribution in [0.5, 0.6) is 0 Å². The normalized spacial score (nSPS) is 11.4. The number of nitrogens with zero attached hydrogens (tertiary/aromatic N) is 4. The number of hydrogen-bond donors (Lipinski definition) is 2. The summed E-state index contributed by atoms with van der Waals surface area (Å²) in [4.78, 5) is 13.7. The molecule has 0 unspecified atom stereocenters. The zero-order valence-electron chi connectivity index (χ0n) is 17.2. The van der Waals surface area contributed by atoms with Crippen LogP contribution in [0.2, 0.25) is 5.02 Å². The van der Waals surface area contributed by atoms with Crippen LogP contribution >= 0.6 is 46.9 Å². The number of rotatable bonds is 8. The number of guanidine groups is 1. The number of aliphatic imine (C=N–C) groups is 1. The summed E-state index contributed by atoms with van der Waals surface area (Å²) in [6.07, 6.45) is 0.597. The van der Waals surface area contributed by atoms with Gasteiger partial charge < -0.3 is 15.2 Å². The maximum Gasteiger partial charge on any atom is 0.228 e.